The summed E-state index contributed by atoms with van der Waals surface area (Å²) in [6.07, 6.45) is 3.08. The molecule has 8 heteroatoms. The second-order valence-electron chi connectivity index (χ2n) is 8.35. The van der Waals surface area contributed by atoms with Gasteiger partial charge in [-0.3, -0.25) is 5.41 Å². The lowest BCUT2D eigenvalue weighted by Crippen LogP contribution is -2.38. The van der Waals surface area contributed by atoms with E-state index in [9.17, 15) is 4.39 Å². The fourth-order valence-corrected chi connectivity index (χ4v) is 3.88. The van der Waals surface area contributed by atoms with Crippen molar-refractivity contribution < 1.29 is 18.6 Å². The number of hydrogen-bond acceptors (Lipinski definition) is 6. The van der Waals surface area contributed by atoms with Crippen molar-refractivity contribution in [2.45, 2.75) is 26.7 Å². The zero-order valence-electron chi connectivity index (χ0n) is 19.9. The number of nitrogens with zero attached hydrogens (tertiary/aromatic N) is 2. The predicted molar refractivity (Wildman–Crippen MR) is 131 cm³/mol. The first kappa shape index (κ1) is 24.2. The van der Waals surface area contributed by atoms with Gasteiger partial charge in [-0.05, 0) is 42.8 Å². The Hall–Kier alpha value is -3.96. The molecule has 0 spiro atoms. The molecule has 0 saturated carbocycles. The highest BCUT2D eigenvalue weighted by atomic mass is 19.1. The largest absolute Gasteiger partial charge is 0.465 e. The van der Waals surface area contributed by atoms with Crippen molar-refractivity contribution in [3.8, 4) is 34.6 Å². The van der Waals surface area contributed by atoms with E-state index >= 15 is 0 Å². The van der Waals surface area contributed by atoms with Crippen molar-refractivity contribution in [3.05, 3.63) is 71.4 Å². The van der Waals surface area contributed by atoms with E-state index in [1.54, 1.807) is 30.5 Å². The number of rotatable bonds is 3. The van der Waals surface area contributed by atoms with Crippen molar-refractivity contribution in [3.63, 3.8) is 0 Å². The third kappa shape index (κ3) is 5.10. The molecule has 7 nitrogen and oxygen atoms in total. The molecule has 5 rings (SSSR count). The third-order valence-corrected chi connectivity index (χ3v) is 5.67. The lowest BCUT2D eigenvalue weighted by molar-refractivity contribution is -0.0648. The Bertz CT molecular complexity index is 1310. The zero-order chi connectivity index (χ0) is 25.0. The van der Waals surface area contributed by atoms with Gasteiger partial charge < -0.3 is 19.9 Å². The molecule has 4 heterocycles. The quantitative estimate of drug-likeness (QED) is 0.244. The lowest BCUT2D eigenvalue weighted by Gasteiger charge is -2.32. The molecule has 0 bridgehead atoms. The van der Waals surface area contributed by atoms with E-state index in [0.717, 1.165) is 16.7 Å². The number of pyridine rings is 2. The number of amidine groups is 1. The number of nitrogens with one attached hydrogen (secondary N) is 1. The highest BCUT2D eigenvalue weighted by Gasteiger charge is 2.32. The van der Waals surface area contributed by atoms with Gasteiger partial charge in [-0.2, -0.15) is 4.39 Å². The molecule has 3 N–H and O–H groups in total. The smallest absolute Gasteiger partial charge is 0.279 e. The van der Waals surface area contributed by atoms with E-state index < -0.39 is 5.95 Å². The molecule has 1 saturated heterocycles. The number of nitrogens with two attached hydrogens (primary N) is 1. The summed E-state index contributed by atoms with van der Waals surface area (Å²) in [7, 11) is 0. The molecule has 1 unspecified atom stereocenters. The molecule has 2 aliphatic rings. The fraction of sp³-hybridized carbons (Fsp3) is 0.296. The van der Waals surface area contributed by atoms with Crippen LogP contribution in [0.1, 0.15) is 43.4 Å². The molecule has 180 valence electrons. The first-order valence-corrected chi connectivity index (χ1v) is 11.4. The summed E-state index contributed by atoms with van der Waals surface area (Å²) >= 11 is 0. The minimum Gasteiger partial charge on any atom is -0.465 e. The second-order valence-corrected chi connectivity index (χ2v) is 8.35. The summed E-state index contributed by atoms with van der Waals surface area (Å²) in [6.45, 7) is 7.37. The minimum absolute atomic E-state index is 0.0990. The second kappa shape index (κ2) is 10.1. The topological polar surface area (TPSA) is 103 Å². The summed E-state index contributed by atoms with van der Waals surface area (Å²) in [5.41, 5.74) is 8.61. The molecule has 3 aromatic rings. The Labute approximate surface area is 204 Å². The standard InChI is InChI=1S/C25H21FN4O3.C2H6/c1-25(13-31-14-25)7-6-15-9-19-20(12-32-24(27)28)18-10-16(17-3-2-8-29-22(17)26)4-5-21(18)33-23(19)30-11-15;1-2/h2-5,8-11,20H,12-14H2,1H3,(H3,27,28);1-2H3. The van der Waals surface area contributed by atoms with Crippen LogP contribution in [-0.4, -0.2) is 35.8 Å². The van der Waals surface area contributed by atoms with Crippen LogP contribution >= 0.6 is 0 Å². The number of aromatic nitrogens is 2. The van der Waals surface area contributed by atoms with Crippen molar-refractivity contribution in [1.82, 2.24) is 9.97 Å². The van der Waals surface area contributed by atoms with Crippen molar-refractivity contribution in [2.24, 2.45) is 11.1 Å². The Kier molecular flexibility index (Phi) is 6.99. The van der Waals surface area contributed by atoms with E-state index in [1.807, 2.05) is 26.0 Å². The first-order valence-electron chi connectivity index (χ1n) is 11.4. The van der Waals surface area contributed by atoms with E-state index in [1.165, 1.54) is 6.20 Å². The molecule has 2 aromatic heterocycles. The van der Waals surface area contributed by atoms with Crippen LogP contribution in [0.25, 0.3) is 11.1 Å². The monoisotopic (exact) mass is 474 g/mol. The maximum absolute atomic E-state index is 14.3. The normalized spacial score (nSPS) is 16.5. The summed E-state index contributed by atoms with van der Waals surface area (Å²) in [4.78, 5) is 8.21. The summed E-state index contributed by atoms with van der Waals surface area (Å²) in [6, 6.07) is 10.3. The van der Waals surface area contributed by atoms with Gasteiger partial charge in [0.1, 0.15) is 12.4 Å². The molecule has 1 aromatic carbocycles. The number of hydrogen-bond donors (Lipinski definition) is 2. The van der Waals surface area contributed by atoms with Crippen molar-refractivity contribution in [1.29, 1.82) is 5.41 Å². The molecular weight excluding hydrogens is 447 g/mol. The molecule has 1 atom stereocenters. The summed E-state index contributed by atoms with van der Waals surface area (Å²) in [5.74, 6) is 6.54. The molecule has 35 heavy (non-hydrogen) atoms. The third-order valence-electron chi connectivity index (χ3n) is 5.67. The van der Waals surface area contributed by atoms with Gasteiger partial charge >= 0.3 is 0 Å². The van der Waals surface area contributed by atoms with Crippen LogP contribution < -0.4 is 10.5 Å². The molecule has 1 fully saturated rings. The average molecular weight is 475 g/mol. The van der Waals surface area contributed by atoms with Crippen LogP contribution in [0.4, 0.5) is 4.39 Å². The van der Waals surface area contributed by atoms with Crippen LogP contribution in [-0.2, 0) is 9.47 Å². The van der Waals surface area contributed by atoms with E-state index in [2.05, 4.69) is 28.7 Å². The molecule has 2 aliphatic heterocycles. The maximum atomic E-state index is 14.3. The Morgan fingerprint density at radius 1 is 1.23 bits per heavy atom. The Balaban J connectivity index is 0.00000141. The summed E-state index contributed by atoms with van der Waals surface area (Å²) in [5, 5.41) is 7.51. The molecule has 0 amide bonds. The highest BCUT2D eigenvalue weighted by Crippen LogP contribution is 2.45. The first-order chi connectivity index (χ1) is 16.9. The van der Waals surface area contributed by atoms with Gasteiger partial charge in [-0.25, -0.2) is 9.97 Å². The van der Waals surface area contributed by atoms with Crippen LogP contribution in [0.15, 0.2) is 48.8 Å². The number of ether oxygens (including phenoxy) is 3. The number of fused-ring (bicyclic) bond motifs is 2. The number of benzene rings is 1. The molecular formula is C27H27FN4O3. The van der Waals surface area contributed by atoms with E-state index in [0.29, 0.717) is 36.0 Å². The SMILES string of the molecule is CC.CC1(C#Cc2cnc3c(c2)C(COC(=N)N)c2cc(-c4cccnc4F)ccc2O3)COC1. The molecule has 0 radical (unpaired) electrons. The lowest BCUT2D eigenvalue weighted by atomic mass is 9.87. The maximum Gasteiger partial charge on any atom is 0.279 e. The Morgan fingerprint density at radius 2 is 2.03 bits per heavy atom. The van der Waals surface area contributed by atoms with Gasteiger partial charge in [-0.15, -0.1) is 0 Å². The van der Waals surface area contributed by atoms with E-state index in [4.69, 9.17) is 25.4 Å². The van der Waals surface area contributed by atoms with Gasteiger partial charge in [0.05, 0.1) is 24.5 Å². The van der Waals surface area contributed by atoms with Crippen LogP contribution in [0.5, 0.6) is 11.6 Å². The summed E-state index contributed by atoms with van der Waals surface area (Å²) < 4.78 is 31.0. The average Bonchev–Trinajstić information content (AvgIpc) is 2.85. The van der Waals surface area contributed by atoms with Gasteiger partial charge in [0.15, 0.2) is 0 Å². The molecule has 0 aliphatic carbocycles. The van der Waals surface area contributed by atoms with Crippen molar-refractivity contribution in [2.75, 3.05) is 19.8 Å². The van der Waals surface area contributed by atoms with Crippen LogP contribution in [0.3, 0.4) is 0 Å². The van der Waals surface area contributed by atoms with Crippen molar-refractivity contribution >= 4 is 6.02 Å². The van der Waals surface area contributed by atoms with Crippen LogP contribution in [0, 0.1) is 28.6 Å². The fourth-order valence-electron chi connectivity index (χ4n) is 3.88. The zero-order valence-corrected chi connectivity index (χ0v) is 19.9. The number of halogens is 1. The van der Waals surface area contributed by atoms with Crippen LogP contribution in [0.2, 0.25) is 0 Å². The van der Waals surface area contributed by atoms with Gasteiger partial charge in [-0.1, -0.05) is 31.8 Å². The Morgan fingerprint density at radius 3 is 2.71 bits per heavy atom. The minimum atomic E-state index is -0.557. The van der Waals surface area contributed by atoms with E-state index in [-0.39, 0.29) is 24.0 Å². The highest BCUT2D eigenvalue weighted by molar-refractivity contribution is 5.69. The predicted octanol–water partition coefficient (Wildman–Crippen LogP) is 4.84. The van der Waals surface area contributed by atoms with Gasteiger partial charge in [0.25, 0.3) is 6.02 Å². The van der Waals surface area contributed by atoms with Gasteiger partial charge in [0.2, 0.25) is 11.8 Å². The van der Waals surface area contributed by atoms with Gasteiger partial charge in [0, 0.05) is 34.6 Å².